The van der Waals surface area contributed by atoms with Crippen molar-refractivity contribution in [1.82, 2.24) is 4.98 Å². The van der Waals surface area contributed by atoms with E-state index in [1.54, 1.807) is 6.07 Å². The highest BCUT2D eigenvalue weighted by Gasteiger charge is 2.16. The number of hydrogen-bond acceptors (Lipinski definition) is 4. The van der Waals surface area contributed by atoms with Crippen LogP contribution in [0.3, 0.4) is 0 Å². The fourth-order valence-electron chi connectivity index (χ4n) is 2.65. The van der Waals surface area contributed by atoms with Crippen molar-refractivity contribution in [3.8, 4) is 5.75 Å². The van der Waals surface area contributed by atoms with Crippen molar-refractivity contribution >= 4 is 55.8 Å². The summed E-state index contributed by atoms with van der Waals surface area (Å²) < 4.78 is 19.6. The predicted octanol–water partition coefficient (Wildman–Crippen LogP) is 6.95. The van der Waals surface area contributed by atoms with Crippen LogP contribution >= 0.6 is 34.5 Å². The summed E-state index contributed by atoms with van der Waals surface area (Å²) in [4.78, 5) is 16.8. The van der Waals surface area contributed by atoms with E-state index in [1.807, 2.05) is 0 Å². The zero-order valence-corrected chi connectivity index (χ0v) is 17.6. The maximum Gasteiger partial charge on any atom is 0.257 e. The molecule has 0 atom stereocenters. The molecule has 1 amide bonds. The van der Waals surface area contributed by atoms with Crippen LogP contribution in [0.25, 0.3) is 10.2 Å². The maximum atomic E-state index is 13.3. The van der Waals surface area contributed by atoms with Gasteiger partial charge in [-0.3, -0.25) is 10.1 Å². The first-order valence-electron chi connectivity index (χ1n) is 8.97. The first-order chi connectivity index (χ1) is 13.5. The summed E-state index contributed by atoms with van der Waals surface area (Å²) in [6, 6.07) is 7.29. The van der Waals surface area contributed by atoms with Crippen molar-refractivity contribution in [2.45, 2.75) is 32.6 Å². The molecule has 0 saturated carbocycles. The summed E-state index contributed by atoms with van der Waals surface area (Å²) in [6.45, 7) is 2.66. The molecule has 0 unspecified atom stereocenters. The number of nitrogens with zero attached hydrogens (tertiary/aromatic N) is 1. The van der Waals surface area contributed by atoms with Crippen molar-refractivity contribution in [1.29, 1.82) is 0 Å². The number of nitrogens with one attached hydrogen (secondary N) is 1. The predicted molar refractivity (Wildman–Crippen MR) is 114 cm³/mol. The van der Waals surface area contributed by atoms with Crippen molar-refractivity contribution in [3.05, 3.63) is 51.8 Å². The largest absolute Gasteiger partial charge is 0.490 e. The summed E-state index contributed by atoms with van der Waals surface area (Å²) in [5.41, 5.74) is 0.906. The summed E-state index contributed by atoms with van der Waals surface area (Å²) in [7, 11) is 0. The Kier molecular flexibility index (Phi) is 7.10. The van der Waals surface area contributed by atoms with E-state index in [9.17, 15) is 9.18 Å². The fraction of sp³-hybridized carbons (Fsp3) is 0.300. The molecular formula is C20H19Cl2FN2O2S. The molecule has 8 heteroatoms. The third-order valence-corrected chi connectivity index (χ3v) is 5.57. The molecule has 0 fully saturated rings. The molecule has 3 rings (SSSR count). The normalized spacial score (nSPS) is 11.0. The average molecular weight is 441 g/mol. The number of carbonyl (C=O) groups excluding carboxylic acids is 1. The lowest BCUT2D eigenvalue weighted by atomic mass is 10.2. The number of thiazole rings is 1. The Morgan fingerprint density at radius 3 is 2.64 bits per heavy atom. The summed E-state index contributed by atoms with van der Waals surface area (Å²) in [5, 5.41) is 3.62. The van der Waals surface area contributed by atoms with Crippen LogP contribution in [0.4, 0.5) is 9.52 Å². The van der Waals surface area contributed by atoms with Crippen LogP contribution in [-0.4, -0.2) is 17.5 Å². The number of unbranched alkanes of at least 4 members (excludes halogenated alkanes) is 3. The van der Waals surface area contributed by atoms with Gasteiger partial charge in [0.15, 0.2) is 10.9 Å². The number of benzene rings is 2. The zero-order valence-electron chi connectivity index (χ0n) is 15.2. The summed E-state index contributed by atoms with van der Waals surface area (Å²) in [6.07, 6.45) is 4.30. The van der Waals surface area contributed by atoms with Gasteiger partial charge in [-0.25, -0.2) is 9.37 Å². The smallest absolute Gasteiger partial charge is 0.257 e. The quantitative estimate of drug-likeness (QED) is 0.385. The molecule has 1 aromatic heterocycles. The molecule has 3 aromatic rings. The molecule has 1 N–H and O–H groups in total. The van der Waals surface area contributed by atoms with Gasteiger partial charge in [0.1, 0.15) is 5.82 Å². The molecule has 4 nitrogen and oxygen atoms in total. The average Bonchev–Trinajstić information content (AvgIpc) is 3.04. The van der Waals surface area contributed by atoms with E-state index >= 15 is 0 Å². The molecule has 28 heavy (non-hydrogen) atoms. The summed E-state index contributed by atoms with van der Waals surface area (Å²) in [5.74, 6) is -0.373. The first-order valence-corrected chi connectivity index (χ1v) is 10.5. The van der Waals surface area contributed by atoms with Crippen molar-refractivity contribution in [2.24, 2.45) is 0 Å². The second-order valence-corrected chi connectivity index (χ2v) is 8.11. The second kappa shape index (κ2) is 9.54. The number of halogens is 3. The van der Waals surface area contributed by atoms with E-state index in [0.717, 1.165) is 25.7 Å². The Labute approximate surface area is 176 Å². The van der Waals surface area contributed by atoms with Crippen LogP contribution in [0.5, 0.6) is 5.75 Å². The number of fused-ring (bicyclic) bond motifs is 1. The third-order valence-electron chi connectivity index (χ3n) is 4.08. The number of ether oxygens (including phenoxy) is 1. The molecule has 0 spiro atoms. The lowest BCUT2D eigenvalue weighted by Gasteiger charge is -2.11. The van der Waals surface area contributed by atoms with E-state index in [2.05, 4.69) is 17.2 Å². The highest BCUT2D eigenvalue weighted by molar-refractivity contribution is 7.22. The Morgan fingerprint density at radius 2 is 1.93 bits per heavy atom. The van der Waals surface area contributed by atoms with Crippen LogP contribution in [0, 0.1) is 5.82 Å². The van der Waals surface area contributed by atoms with Crippen LogP contribution in [-0.2, 0) is 0 Å². The fourth-order valence-corrected chi connectivity index (χ4v) is 4.14. The molecule has 148 valence electrons. The second-order valence-electron chi connectivity index (χ2n) is 6.26. The van der Waals surface area contributed by atoms with Gasteiger partial charge in [-0.15, -0.1) is 0 Å². The van der Waals surface area contributed by atoms with Gasteiger partial charge in [-0.2, -0.15) is 0 Å². The molecule has 0 bridgehead atoms. The SMILES string of the molecule is CCCCCCOc1c(Cl)cc(C(=O)Nc2nc3ccc(F)cc3s2)cc1Cl. The monoisotopic (exact) mass is 440 g/mol. The minimum absolute atomic E-state index is 0.277. The molecule has 0 aliphatic heterocycles. The minimum Gasteiger partial charge on any atom is -0.490 e. The zero-order chi connectivity index (χ0) is 20.1. The van der Waals surface area contributed by atoms with Crippen LogP contribution in [0.2, 0.25) is 10.0 Å². The van der Waals surface area contributed by atoms with Crippen LogP contribution < -0.4 is 10.1 Å². The molecule has 2 aromatic carbocycles. The number of anilines is 1. The van der Waals surface area contributed by atoms with Gasteiger partial charge >= 0.3 is 0 Å². The van der Waals surface area contributed by atoms with Gasteiger partial charge < -0.3 is 4.74 Å². The van der Waals surface area contributed by atoms with Crippen molar-refractivity contribution in [2.75, 3.05) is 11.9 Å². The molecule has 0 aliphatic carbocycles. The molecule has 1 heterocycles. The van der Waals surface area contributed by atoms with Crippen molar-refractivity contribution in [3.63, 3.8) is 0 Å². The number of amides is 1. The Hall–Kier alpha value is -1.89. The first kappa shape index (κ1) is 20.8. The topological polar surface area (TPSA) is 51.2 Å². The molecular weight excluding hydrogens is 422 g/mol. The number of hydrogen-bond donors (Lipinski definition) is 1. The highest BCUT2D eigenvalue weighted by atomic mass is 35.5. The molecule has 0 saturated heterocycles. The maximum absolute atomic E-state index is 13.3. The van der Waals surface area contributed by atoms with Crippen LogP contribution in [0.1, 0.15) is 43.0 Å². The highest BCUT2D eigenvalue weighted by Crippen LogP contribution is 2.35. The Bertz CT molecular complexity index is 970. The minimum atomic E-state index is -0.405. The van der Waals surface area contributed by atoms with Gasteiger partial charge in [0.05, 0.1) is 26.9 Å². The molecule has 0 radical (unpaired) electrons. The van der Waals surface area contributed by atoms with E-state index < -0.39 is 5.91 Å². The number of carbonyl (C=O) groups is 1. The van der Waals surface area contributed by atoms with Gasteiger partial charge in [-0.05, 0) is 36.8 Å². The van der Waals surface area contributed by atoms with E-state index in [1.165, 1.54) is 35.6 Å². The van der Waals surface area contributed by atoms with E-state index in [0.29, 0.717) is 33.3 Å². The van der Waals surface area contributed by atoms with Gasteiger partial charge in [0.2, 0.25) is 0 Å². The van der Waals surface area contributed by atoms with Gasteiger partial charge in [0, 0.05) is 5.56 Å². The molecule has 0 aliphatic rings. The van der Waals surface area contributed by atoms with Gasteiger partial charge in [0.25, 0.3) is 5.91 Å². The lowest BCUT2D eigenvalue weighted by Crippen LogP contribution is -2.12. The third kappa shape index (κ3) is 5.13. The van der Waals surface area contributed by atoms with E-state index in [4.69, 9.17) is 27.9 Å². The standard InChI is InChI=1S/C20H19Cl2FN2O2S/c1-2-3-4-5-8-27-18-14(21)9-12(10-15(18)22)19(26)25-20-24-16-7-6-13(23)11-17(16)28-20/h6-7,9-11H,2-5,8H2,1H3,(H,24,25,26). The lowest BCUT2D eigenvalue weighted by molar-refractivity contribution is 0.102. The van der Waals surface area contributed by atoms with Gasteiger partial charge in [-0.1, -0.05) is 60.7 Å². The summed E-state index contributed by atoms with van der Waals surface area (Å²) >= 11 is 13.7. The Morgan fingerprint density at radius 1 is 1.18 bits per heavy atom. The Balaban J connectivity index is 1.69. The number of aromatic nitrogens is 1. The van der Waals surface area contributed by atoms with Crippen LogP contribution in [0.15, 0.2) is 30.3 Å². The number of rotatable bonds is 8. The van der Waals surface area contributed by atoms with Crippen molar-refractivity contribution < 1.29 is 13.9 Å². The van der Waals surface area contributed by atoms with E-state index in [-0.39, 0.29) is 15.9 Å².